The Labute approximate surface area is 90.3 Å². The summed E-state index contributed by atoms with van der Waals surface area (Å²) < 4.78 is 0. The van der Waals surface area contributed by atoms with E-state index in [-0.39, 0.29) is 5.92 Å². The molecule has 1 aromatic carbocycles. The zero-order valence-corrected chi connectivity index (χ0v) is 9.10. The fourth-order valence-corrected chi connectivity index (χ4v) is 1.54. The van der Waals surface area contributed by atoms with Crippen molar-refractivity contribution in [3.8, 4) is 0 Å². The van der Waals surface area contributed by atoms with Gasteiger partial charge < -0.3 is 5.11 Å². The molecule has 1 N–H and O–H groups in total. The van der Waals surface area contributed by atoms with Crippen LogP contribution in [0.4, 0.5) is 0 Å². The average Bonchev–Trinajstić information content (AvgIpc) is 2.18. The zero-order chi connectivity index (χ0) is 11.3. The molecule has 1 atom stereocenters. The first kappa shape index (κ1) is 11.5. The van der Waals surface area contributed by atoms with Gasteiger partial charge in [-0.05, 0) is 24.8 Å². The highest BCUT2D eigenvalue weighted by Gasteiger charge is 2.04. The topological polar surface area (TPSA) is 37.3 Å². The average molecular weight is 204 g/mol. The Morgan fingerprint density at radius 3 is 2.53 bits per heavy atom. The second-order valence-electron chi connectivity index (χ2n) is 3.82. The lowest BCUT2D eigenvalue weighted by molar-refractivity contribution is -0.132. The van der Waals surface area contributed by atoms with Crippen molar-refractivity contribution in [1.82, 2.24) is 0 Å². The fourth-order valence-electron chi connectivity index (χ4n) is 1.54. The third-order valence-electron chi connectivity index (χ3n) is 2.27. The van der Waals surface area contributed by atoms with Crippen molar-refractivity contribution in [3.05, 3.63) is 47.5 Å². The molecular weight excluding hydrogens is 188 g/mol. The largest absolute Gasteiger partial charge is 0.478 e. The van der Waals surface area contributed by atoms with Crippen LogP contribution in [0.1, 0.15) is 19.4 Å². The van der Waals surface area contributed by atoms with Gasteiger partial charge >= 0.3 is 5.97 Å². The smallest absolute Gasteiger partial charge is 0.330 e. The van der Waals surface area contributed by atoms with Gasteiger partial charge in [0, 0.05) is 5.57 Å². The normalized spacial score (nSPS) is 13.6. The van der Waals surface area contributed by atoms with E-state index < -0.39 is 5.97 Å². The van der Waals surface area contributed by atoms with Crippen LogP contribution in [0.3, 0.4) is 0 Å². The van der Waals surface area contributed by atoms with Crippen LogP contribution in [-0.4, -0.2) is 11.1 Å². The predicted octanol–water partition coefficient (Wildman–Crippen LogP) is 2.90. The van der Waals surface area contributed by atoms with Crippen LogP contribution in [0.2, 0.25) is 0 Å². The molecule has 80 valence electrons. The Bertz CT molecular complexity index is 352. The van der Waals surface area contributed by atoms with Crippen LogP contribution in [0, 0.1) is 5.92 Å². The lowest BCUT2D eigenvalue weighted by Gasteiger charge is -2.06. The molecule has 0 heterocycles. The van der Waals surface area contributed by atoms with Crippen LogP contribution in [0.5, 0.6) is 0 Å². The maximum atomic E-state index is 10.6. The third kappa shape index (κ3) is 3.98. The molecule has 0 aliphatic rings. The molecule has 0 saturated heterocycles. The Morgan fingerprint density at radius 1 is 1.40 bits per heavy atom. The molecule has 2 heteroatoms. The molecule has 0 aromatic heterocycles. The SMILES string of the molecule is C/C(=C\[C@@H](C)Cc1ccccc1)C(=O)O. The first-order valence-electron chi connectivity index (χ1n) is 5.05. The maximum absolute atomic E-state index is 10.6. The number of carbonyl (C=O) groups is 1. The molecular formula is C13H16O2. The predicted molar refractivity (Wildman–Crippen MR) is 60.7 cm³/mol. The van der Waals surface area contributed by atoms with Crippen LogP contribution in [0.15, 0.2) is 42.0 Å². The molecule has 1 rings (SSSR count). The van der Waals surface area contributed by atoms with Gasteiger partial charge in [-0.15, -0.1) is 0 Å². The van der Waals surface area contributed by atoms with Gasteiger partial charge in [-0.1, -0.05) is 43.3 Å². The molecule has 0 radical (unpaired) electrons. The molecule has 0 amide bonds. The van der Waals surface area contributed by atoms with E-state index in [4.69, 9.17) is 5.11 Å². The van der Waals surface area contributed by atoms with Crippen molar-refractivity contribution < 1.29 is 9.90 Å². The maximum Gasteiger partial charge on any atom is 0.330 e. The summed E-state index contributed by atoms with van der Waals surface area (Å²) in [6, 6.07) is 10.1. The number of benzene rings is 1. The minimum Gasteiger partial charge on any atom is -0.478 e. The van der Waals surface area contributed by atoms with Crippen molar-refractivity contribution in [3.63, 3.8) is 0 Å². The monoisotopic (exact) mass is 204 g/mol. The summed E-state index contributed by atoms with van der Waals surface area (Å²) in [4.78, 5) is 10.6. The van der Waals surface area contributed by atoms with E-state index in [1.54, 1.807) is 13.0 Å². The standard InChI is InChI=1S/C13H16O2/c1-10(8-11(2)13(14)15)9-12-6-4-3-5-7-12/h3-8,10H,9H2,1-2H3,(H,14,15)/b11-8+/t10-/m1/s1. The third-order valence-corrected chi connectivity index (χ3v) is 2.27. The van der Waals surface area contributed by atoms with Gasteiger partial charge in [-0.25, -0.2) is 4.79 Å². The number of hydrogen-bond acceptors (Lipinski definition) is 1. The molecule has 0 fully saturated rings. The molecule has 0 spiro atoms. The second-order valence-corrected chi connectivity index (χ2v) is 3.82. The van der Waals surface area contributed by atoms with Crippen molar-refractivity contribution in [2.75, 3.05) is 0 Å². The van der Waals surface area contributed by atoms with E-state index in [1.807, 2.05) is 25.1 Å². The van der Waals surface area contributed by atoms with Gasteiger partial charge in [-0.2, -0.15) is 0 Å². The van der Waals surface area contributed by atoms with Gasteiger partial charge in [0.05, 0.1) is 0 Å². The van der Waals surface area contributed by atoms with Crippen LogP contribution in [0.25, 0.3) is 0 Å². The number of allylic oxidation sites excluding steroid dienone is 1. The highest BCUT2D eigenvalue weighted by Crippen LogP contribution is 2.11. The highest BCUT2D eigenvalue weighted by atomic mass is 16.4. The van der Waals surface area contributed by atoms with Crippen molar-refractivity contribution >= 4 is 5.97 Å². The molecule has 0 aliphatic heterocycles. The van der Waals surface area contributed by atoms with E-state index in [2.05, 4.69) is 12.1 Å². The Balaban J connectivity index is 2.61. The lowest BCUT2D eigenvalue weighted by Crippen LogP contribution is -2.02. The zero-order valence-electron chi connectivity index (χ0n) is 9.10. The van der Waals surface area contributed by atoms with Gasteiger partial charge in [0.15, 0.2) is 0 Å². The molecule has 0 saturated carbocycles. The molecule has 1 aromatic rings. The number of aliphatic carboxylic acids is 1. The van der Waals surface area contributed by atoms with Crippen molar-refractivity contribution in [1.29, 1.82) is 0 Å². The number of carboxylic acids is 1. The summed E-state index contributed by atoms with van der Waals surface area (Å²) in [5, 5.41) is 8.73. The summed E-state index contributed by atoms with van der Waals surface area (Å²) in [6.07, 6.45) is 2.68. The Kier molecular flexibility index (Phi) is 4.10. The summed E-state index contributed by atoms with van der Waals surface area (Å²) in [6.45, 7) is 3.66. The fraction of sp³-hybridized carbons (Fsp3) is 0.308. The first-order chi connectivity index (χ1) is 7.09. The minimum absolute atomic E-state index is 0.253. The van der Waals surface area contributed by atoms with Crippen LogP contribution < -0.4 is 0 Å². The van der Waals surface area contributed by atoms with E-state index in [0.717, 1.165) is 6.42 Å². The quantitative estimate of drug-likeness (QED) is 0.766. The van der Waals surface area contributed by atoms with Crippen LogP contribution >= 0.6 is 0 Å². The summed E-state index contributed by atoms with van der Waals surface area (Å²) >= 11 is 0. The van der Waals surface area contributed by atoms with Gasteiger partial charge in [0.2, 0.25) is 0 Å². The number of carboxylic acid groups (broad SMARTS) is 1. The summed E-state index contributed by atoms with van der Waals surface area (Å²) in [5.74, 6) is -0.585. The molecule has 15 heavy (non-hydrogen) atoms. The second kappa shape index (κ2) is 5.35. The molecule has 2 nitrogen and oxygen atoms in total. The molecule has 0 unspecified atom stereocenters. The summed E-state index contributed by atoms with van der Waals surface area (Å²) in [7, 11) is 0. The van der Waals surface area contributed by atoms with E-state index in [1.165, 1.54) is 5.56 Å². The van der Waals surface area contributed by atoms with Crippen molar-refractivity contribution in [2.24, 2.45) is 5.92 Å². The first-order valence-corrected chi connectivity index (χ1v) is 5.05. The number of rotatable bonds is 4. The van der Waals surface area contributed by atoms with Gasteiger partial charge in [0.25, 0.3) is 0 Å². The Hall–Kier alpha value is -1.57. The lowest BCUT2D eigenvalue weighted by atomic mass is 9.99. The van der Waals surface area contributed by atoms with Crippen molar-refractivity contribution in [2.45, 2.75) is 20.3 Å². The van der Waals surface area contributed by atoms with E-state index in [0.29, 0.717) is 5.57 Å². The molecule has 0 aliphatic carbocycles. The summed E-state index contributed by atoms with van der Waals surface area (Å²) in [5.41, 5.74) is 1.65. The van der Waals surface area contributed by atoms with E-state index >= 15 is 0 Å². The number of hydrogen-bond donors (Lipinski definition) is 1. The van der Waals surface area contributed by atoms with Crippen LogP contribution in [-0.2, 0) is 11.2 Å². The highest BCUT2D eigenvalue weighted by molar-refractivity contribution is 5.85. The minimum atomic E-state index is -0.838. The van der Waals surface area contributed by atoms with Gasteiger partial charge in [-0.3, -0.25) is 0 Å². The Morgan fingerprint density at radius 2 is 2.00 bits per heavy atom. The molecule has 0 bridgehead atoms. The van der Waals surface area contributed by atoms with Gasteiger partial charge in [0.1, 0.15) is 0 Å². The van der Waals surface area contributed by atoms with E-state index in [9.17, 15) is 4.79 Å².